The molecule has 6 unspecified atom stereocenters. The summed E-state index contributed by atoms with van der Waals surface area (Å²) in [6.07, 6.45) is 12.6. The van der Waals surface area contributed by atoms with Crippen LogP contribution in [-0.4, -0.2) is 62.3 Å². The first-order chi connectivity index (χ1) is 22.8. The quantitative estimate of drug-likeness (QED) is 0.163. The van der Waals surface area contributed by atoms with Crippen LogP contribution in [0.4, 0.5) is 0 Å². The molecule has 6 atom stereocenters. The molecule has 3 aliphatic carbocycles. The second-order valence-corrected chi connectivity index (χ2v) is 15.9. The Morgan fingerprint density at radius 2 is 2.04 bits per heavy atom. The Labute approximate surface area is 285 Å². The predicted octanol–water partition coefficient (Wildman–Crippen LogP) is 7.57. The van der Waals surface area contributed by atoms with Gasteiger partial charge < -0.3 is 14.6 Å². The van der Waals surface area contributed by atoms with Crippen molar-refractivity contribution < 1.29 is 19.4 Å². The molecule has 0 amide bonds. The van der Waals surface area contributed by atoms with Gasteiger partial charge in [0.2, 0.25) is 0 Å². The van der Waals surface area contributed by atoms with E-state index in [9.17, 15) is 9.90 Å². The van der Waals surface area contributed by atoms with Crippen LogP contribution in [-0.2, 0) is 16.0 Å². The fraction of sp³-hybridized carbons (Fsp3) is 0.514. The number of methoxy groups -OCH3 is 2. The number of aliphatic hydroxyl groups is 1. The van der Waals surface area contributed by atoms with E-state index in [2.05, 4.69) is 29.9 Å². The average molecular weight is 673 g/mol. The molecule has 7 rings (SSSR count). The van der Waals surface area contributed by atoms with Crippen LogP contribution < -0.4 is 4.74 Å². The van der Waals surface area contributed by atoms with Gasteiger partial charge in [-0.1, -0.05) is 48.9 Å². The van der Waals surface area contributed by atoms with Gasteiger partial charge in [0.15, 0.2) is 10.1 Å². The molecule has 0 saturated heterocycles. The number of nitrogens with zero attached hydrogens (tertiary/aromatic N) is 4. The fourth-order valence-electron chi connectivity index (χ4n) is 8.86. The topological polar surface area (TPSA) is 99.4 Å². The molecule has 10 heteroatoms. The first kappa shape index (κ1) is 32.5. The summed E-state index contributed by atoms with van der Waals surface area (Å²) in [6, 6.07) is 11.9. The van der Waals surface area contributed by atoms with E-state index in [4.69, 9.17) is 14.6 Å². The summed E-state index contributed by atoms with van der Waals surface area (Å²) in [5.41, 5.74) is 4.67. The SMILES string of the molecule is CCCC(O)C1C(C2CCC(OC)(C(=O)CSc3nc4cccnc4s3)C2)CCC2=Cc3c(cnn3-c3ccc(OC)cc3)CC21C. The molecule has 47 heavy (non-hydrogen) atoms. The van der Waals surface area contributed by atoms with Crippen molar-refractivity contribution in [3.05, 3.63) is 65.6 Å². The Hall–Kier alpha value is -3.05. The van der Waals surface area contributed by atoms with Crippen molar-refractivity contribution in [1.29, 1.82) is 0 Å². The molecule has 8 nitrogen and oxygen atoms in total. The van der Waals surface area contributed by atoms with Gasteiger partial charge in [0.25, 0.3) is 0 Å². The smallest absolute Gasteiger partial charge is 0.174 e. The lowest BCUT2D eigenvalue weighted by molar-refractivity contribution is -0.138. The molecule has 0 aliphatic heterocycles. The van der Waals surface area contributed by atoms with Crippen molar-refractivity contribution in [2.75, 3.05) is 20.0 Å². The van der Waals surface area contributed by atoms with E-state index in [1.807, 2.05) is 47.3 Å². The number of fused-ring (bicyclic) bond motifs is 3. The molecule has 3 heterocycles. The maximum absolute atomic E-state index is 13.9. The highest BCUT2D eigenvalue weighted by atomic mass is 32.2. The summed E-state index contributed by atoms with van der Waals surface area (Å²) in [5, 5.41) is 16.7. The number of pyridine rings is 1. The van der Waals surface area contributed by atoms with Crippen molar-refractivity contribution in [1.82, 2.24) is 19.7 Å². The van der Waals surface area contributed by atoms with Gasteiger partial charge in [-0.3, -0.25) is 4.79 Å². The van der Waals surface area contributed by atoms with E-state index in [0.717, 1.165) is 76.8 Å². The van der Waals surface area contributed by atoms with Gasteiger partial charge >= 0.3 is 0 Å². The number of thiazole rings is 1. The lowest BCUT2D eigenvalue weighted by Crippen LogP contribution is -2.50. The molecular formula is C37H44N4O4S2. The first-order valence-corrected chi connectivity index (χ1v) is 18.6. The maximum Gasteiger partial charge on any atom is 0.174 e. The molecule has 2 fully saturated rings. The van der Waals surface area contributed by atoms with E-state index < -0.39 is 11.7 Å². The van der Waals surface area contributed by atoms with Gasteiger partial charge in [0.05, 0.1) is 36.5 Å². The van der Waals surface area contributed by atoms with Gasteiger partial charge in [0, 0.05) is 13.3 Å². The van der Waals surface area contributed by atoms with E-state index in [1.165, 1.54) is 34.2 Å². The molecule has 0 bridgehead atoms. The molecule has 248 valence electrons. The number of rotatable bonds is 11. The summed E-state index contributed by atoms with van der Waals surface area (Å²) >= 11 is 3.02. The summed E-state index contributed by atoms with van der Waals surface area (Å²) in [7, 11) is 3.37. The second kappa shape index (κ2) is 13.1. The van der Waals surface area contributed by atoms with Crippen molar-refractivity contribution >= 4 is 45.3 Å². The summed E-state index contributed by atoms with van der Waals surface area (Å²) in [4.78, 5) is 23.8. The Kier molecular flexibility index (Phi) is 9.06. The maximum atomic E-state index is 13.9. The Balaban J connectivity index is 1.12. The summed E-state index contributed by atoms with van der Waals surface area (Å²) in [6.45, 7) is 4.52. The van der Waals surface area contributed by atoms with Gasteiger partial charge in [0.1, 0.15) is 21.7 Å². The number of thioether (sulfide) groups is 1. The number of carbonyl (C=O) groups is 1. The summed E-state index contributed by atoms with van der Waals surface area (Å²) in [5.74, 6) is 2.01. The van der Waals surface area contributed by atoms with Crippen LogP contribution in [0, 0.1) is 23.2 Å². The number of ether oxygens (including phenoxy) is 2. The Morgan fingerprint density at radius 1 is 1.21 bits per heavy atom. The zero-order valence-corrected chi connectivity index (χ0v) is 29.3. The highest BCUT2D eigenvalue weighted by Crippen LogP contribution is 2.59. The van der Waals surface area contributed by atoms with E-state index in [1.54, 1.807) is 20.4 Å². The second-order valence-electron chi connectivity index (χ2n) is 13.7. The number of ketones is 1. The predicted molar refractivity (Wildman–Crippen MR) is 187 cm³/mol. The molecule has 2 saturated carbocycles. The molecule has 3 aliphatic rings. The van der Waals surface area contributed by atoms with Crippen LogP contribution in [0.15, 0.2) is 58.7 Å². The van der Waals surface area contributed by atoms with Crippen LogP contribution >= 0.6 is 23.1 Å². The van der Waals surface area contributed by atoms with E-state index in [0.29, 0.717) is 24.0 Å². The molecule has 0 radical (unpaired) electrons. The van der Waals surface area contributed by atoms with Crippen LogP contribution in [0.25, 0.3) is 22.1 Å². The minimum Gasteiger partial charge on any atom is -0.497 e. The lowest BCUT2D eigenvalue weighted by atomic mass is 9.52. The molecule has 3 aromatic heterocycles. The van der Waals surface area contributed by atoms with Gasteiger partial charge in [-0.05, 0) is 116 Å². The van der Waals surface area contributed by atoms with Crippen LogP contribution in [0.2, 0.25) is 0 Å². The number of benzene rings is 1. The minimum atomic E-state index is -0.789. The molecule has 1 aromatic carbocycles. The molecule has 4 aromatic rings. The number of allylic oxidation sites excluding steroid dienone is 1. The molecular weight excluding hydrogens is 629 g/mol. The van der Waals surface area contributed by atoms with Crippen LogP contribution in [0.5, 0.6) is 5.75 Å². The van der Waals surface area contributed by atoms with E-state index in [-0.39, 0.29) is 17.1 Å². The van der Waals surface area contributed by atoms with Crippen molar-refractivity contribution in [2.24, 2.45) is 23.2 Å². The number of hydrogen-bond donors (Lipinski definition) is 1. The number of Topliss-reactive ketones (excluding diaryl/α,β-unsaturated/α-hetero) is 1. The van der Waals surface area contributed by atoms with Crippen LogP contribution in [0.1, 0.15) is 70.1 Å². The largest absolute Gasteiger partial charge is 0.497 e. The monoisotopic (exact) mass is 672 g/mol. The standard InChI is InChI=1S/C37H44N4O4S2/c1-5-7-31(42)33-28(23-15-16-37(20-23,45-4)32(43)22-46-35-40-29-8-6-17-38-34(29)47-35)14-9-25-18-30-24(19-36(25,33)2)21-39-41(30)26-10-12-27(44-3)13-11-26/h6,8,10-13,17-18,21,23,28,31,33,42H,5,7,9,14-16,19-20,22H2,1-4H3. The normalized spacial score (nSPS) is 27.7. The van der Waals surface area contributed by atoms with Gasteiger partial charge in [-0.25, -0.2) is 14.6 Å². The summed E-state index contributed by atoms with van der Waals surface area (Å²) < 4.78 is 14.4. The molecule has 1 N–H and O–H groups in total. The minimum absolute atomic E-state index is 0.0947. The van der Waals surface area contributed by atoms with Gasteiger partial charge in [-0.15, -0.1) is 0 Å². The zero-order chi connectivity index (χ0) is 32.8. The highest BCUT2D eigenvalue weighted by molar-refractivity contribution is 8.01. The number of aromatic nitrogens is 4. The van der Waals surface area contributed by atoms with E-state index >= 15 is 0 Å². The highest BCUT2D eigenvalue weighted by Gasteiger charge is 2.55. The van der Waals surface area contributed by atoms with Crippen molar-refractivity contribution in [3.8, 4) is 11.4 Å². The number of hydrogen-bond acceptors (Lipinski definition) is 9. The van der Waals surface area contributed by atoms with Crippen molar-refractivity contribution in [3.63, 3.8) is 0 Å². The third-order valence-electron chi connectivity index (χ3n) is 11.2. The lowest BCUT2D eigenvalue weighted by Gasteiger charge is -2.53. The molecule has 0 spiro atoms. The first-order valence-electron chi connectivity index (χ1n) is 16.8. The van der Waals surface area contributed by atoms with Crippen molar-refractivity contribution in [2.45, 2.75) is 81.3 Å². The fourth-order valence-corrected chi connectivity index (χ4v) is 10.8. The van der Waals surface area contributed by atoms with Gasteiger partial charge in [-0.2, -0.15) is 5.10 Å². The number of aliphatic hydroxyl groups excluding tert-OH is 1. The zero-order valence-electron chi connectivity index (χ0n) is 27.6. The third kappa shape index (κ3) is 5.85. The number of carbonyl (C=O) groups excluding carboxylic acids is 1. The Morgan fingerprint density at radius 3 is 2.79 bits per heavy atom. The Bertz CT molecular complexity index is 1750. The average Bonchev–Trinajstić information content (AvgIpc) is 3.82. The van der Waals surface area contributed by atoms with Crippen LogP contribution in [0.3, 0.4) is 0 Å². The third-order valence-corrected chi connectivity index (χ3v) is 13.4.